The zero-order valence-corrected chi connectivity index (χ0v) is 30.0. The Hall–Kier alpha value is 0. The molecule has 0 aliphatic rings. The Morgan fingerprint density at radius 1 is 0.308 bits per heavy atom. The van der Waals surface area contributed by atoms with E-state index in [-0.39, 0.29) is 0 Å². The third kappa shape index (κ3) is 48.1. The van der Waals surface area contributed by atoms with E-state index in [0.29, 0.717) is 0 Å². The van der Waals surface area contributed by atoms with Gasteiger partial charge in [-0.05, 0) is 30.1 Å². The zero-order valence-electron chi connectivity index (χ0n) is 30.0. The molecule has 0 aliphatic heterocycles. The van der Waals surface area contributed by atoms with Gasteiger partial charge in [-0.1, -0.05) is 223 Å². The van der Waals surface area contributed by atoms with Crippen molar-refractivity contribution in [3.05, 3.63) is 0 Å². The van der Waals surface area contributed by atoms with E-state index in [9.17, 15) is 0 Å². The van der Waals surface area contributed by atoms with Crippen molar-refractivity contribution in [1.82, 2.24) is 0 Å². The Bertz CT molecular complexity index is 379. The van der Waals surface area contributed by atoms with Crippen LogP contribution >= 0.6 is 0 Å². The summed E-state index contributed by atoms with van der Waals surface area (Å²) in [6.07, 6.45) is 36.0. The molecule has 0 spiro atoms. The second kappa shape index (κ2) is 38.0. The minimum absolute atomic E-state index is 0.886. The summed E-state index contributed by atoms with van der Waals surface area (Å²) >= 11 is 0. The highest BCUT2D eigenvalue weighted by molar-refractivity contribution is 4.59. The molecule has 0 aliphatic carbocycles. The Morgan fingerprint density at radius 2 is 0.615 bits per heavy atom. The summed E-state index contributed by atoms with van der Waals surface area (Å²) < 4.78 is 0. The van der Waals surface area contributed by atoms with E-state index < -0.39 is 0 Å². The fourth-order valence-corrected chi connectivity index (χ4v) is 5.37. The van der Waals surface area contributed by atoms with Gasteiger partial charge in [0.15, 0.2) is 0 Å². The number of rotatable bonds is 26. The van der Waals surface area contributed by atoms with E-state index in [1.807, 2.05) is 0 Å². The van der Waals surface area contributed by atoms with E-state index in [4.69, 9.17) is 0 Å². The largest absolute Gasteiger partial charge is 0.0654 e. The van der Waals surface area contributed by atoms with Crippen LogP contribution in [0.2, 0.25) is 0 Å². The molecular weight excluding hydrogens is 468 g/mol. The van der Waals surface area contributed by atoms with Crippen LogP contribution in [0, 0.1) is 23.7 Å². The lowest BCUT2D eigenvalue weighted by atomic mass is 9.90. The van der Waals surface area contributed by atoms with Crippen molar-refractivity contribution in [2.75, 3.05) is 0 Å². The maximum absolute atomic E-state index is 2.33. The predicted molar refractivity (Wildman–Crippen MR) is 186 cm³/mol. The van der Waals surface area contributed by atoms with Crippen LogP contribution < -0.4 is 0 Å². The molecular formula is C39H84. The molecule has 0 nitrogen and oxygen atoms in total. The fourth-order valence-electron chi connectivity index (χ4n) is 5.37. The minimum Gasteiger partial charge on any atom is -0.0654 e. The van der Waals surface area contributed by atoms with Gasteiger partial charge in [0.05, 0.1) is 0 Å². The summed E-state index contributed by atoms with van der Waals surface area (Å²) in [7, 11) is 0. The van der Waals surface area contributed by atoms with Gasteiger partial charge in [-0.25, -0.2) is 0 Å². The number of unbranched alkanes of at least 4 members (excludes halogenated alkanes) is 17. The molecule has 1 unspecified atom stereocenters. The lowest BCUT2D eigenvalue weighted by Gasteiger charge is -2.16. The van der Waals surface area contributed by atoms with Crippen molar-refractivity contribution in [2.24, 2.45) is 23.7 Å². The van der Waals surface area contributed by atoms with Crippen molar-refractivity contribution >= 4 is 0 Å². The number of hydrogen-bond acceptors (Lipinski definition) is 0. The predicted octanol–water partition coefficient (Wildman–Crippen LogP) is 15.4. The van der Waals surface area contributed by atoms with Gasteiger partial charge in [0.2, 0.25) is 0 Å². The van der Waals surface area contributed by atoms with Crippen molar-refractivity contribution < 1.29 is 0 Å². The van der Waals surface area contributed by atoms with Crippen molar-refractivity contribution in [3.63, 3.8) is 0 Å². The quantitative estimate of drug-likeness (QED) is 0.0936. The van der Waals surface area contributed by atoms with E-state index in [2.05, 4.69) is 69.2 Å². The molecule has 0 heteroatoms. The van der Waals surface area contributed by atoms with Crippen LogP contribution in [-0.2, 0) is 0 Å². The molecule has 0 saturated carbocycles. The first-order chi connectivity index (χ1) is 18.7. The Labute approximate surface area is 253 Å². The topological polar surface area (TPSA) is 0 Å². The van der Waals surface area contributed by atoms with Gasteiger partial charge in [-0.3, -0.25) is 0 Å². The maximum atomic E-state index is 2.33. The molecule has 240 valence electrons. The van der Waals surface area contributed by atoms with Crippen LogP contribution in [-0.4, -0.2) is 0 Å². The Kier molecular flexibility index (Phi) is 42.3. The summed E-state index contributed by atoms with van der Waals surface area (Å²) in [4.78, 5) is 0. The molecule has 0 saturated heterocycles. The average Bonchev–Trinajstić information content (AvgIpc) is 2.89. The van der Waals surface area contributed by atoms with Gasteiger partial charge in [0, 0.05) is 0 Å². The zero-order chi connectivity index (χ0) is 30.0. The van der Waals surface area contributed by atoms with Gasteiger partial charge in [0.1, 0.15) is 0 Å². The third-order valence-corrected chi connectivity index (χ3v) is 8.12. The van der Waals surface area contributed by atoms with Gasteiger partial charge >= 0.3 is 0 Å². The monoisotopic (exact) mass is 553 g/mol. The molecule has 0 N–H and O–H groups in total. The van der Waals surface area contributed by atoms with E-state index in [1.165, 1.54) is 161 Å². The van der Waals surface area contributed by atoms with Crippen LogP contribution in [0.25, 0.3) is 0 Å². The fraction of sp³-hybridized carbons (Fsp3) is 1.00. The highest BCUT2D eigenvalue weighted by atomic mass is 14.1. The molecule has 39 heavy (non-hydrogen) atoms. The standard InChI is InChI=1S/C15H32.C13H28.C11H24/c1-4-5-6-7-8-9-10-11-12-13-14-15(2)3;1-4-5-6-7-8-9-10-11-12-13(2)3;1-5-7-8-11(6-2)9-10(3)4/h15H,4-14H2,1-3H3;13H,4-12H2,1-3H3;10-11H,5-9H2,1-4H3. The Balaban J connectivity index is -0.000000505. The molecule has 0 radical (unpaired) electrons. The number of hydrogen-bond donors (Lipinski definition) is 0. The molecule has 0 rings (SSSR count). The molecule has 0 aromatic carbocycles. The van der Waals surface area contributed by atoms with Crippen molar-refractivity contribution in [1.29, 1.82) is 0 Å². The van der Waals surface area contributed by atoms with E-state index in [0.717, 1.165) is 23.7 Å². The third-order valence-electron chi connectivity index (χ3n) is 8.12. The SMILES string of the molecule is CCCCC(CC)CC(C)C.CCCCCCCCCCC(C)C.CCCCCCCCCCCCC(C)C. The first-order valence-corrected chi connectivity index (χ1v) is 18.7. The Morgan fingerprint density at radius 3 is 0.872 bits per heavy atom. The van der Waals surface area contributed by atoms with Crippen LogP contribution in [0.15, 0.2) is 0 Å². The lowest BCUT2D eigenvalue weighted by Crippen LogP contribution is -2.02. The van der Waals surface area contributed by atoms with Gasteiger partial charge in [0.25, 0.3) is 0 Å². The van der Waals surface area contributed by atoms with Crippen molar-refractivity contribution in [3.8, 4) is 0 Å². The van der Waals surface area contributed by atoms with Crippen LogP contribution in [0.1, 0.15) is 230 Å². The summed E-state index contributed by atoms with van der Waals surface area (Å²) in [5, 5.41) is 0. The summed E-state index contributed by atoms with van der Waals surface area (Å²) in [6.45, 7) is 23.1. The highest BCUT2D eigenvalue weighted by Gasteiger charge is 2.07. The molecule has 1 atom stereocenters. The van der Waals surface area contributed by atoms with Gasteiger partial charge < -0.3 is 0 Å². The van der Waals surface area contributed by atoms with Crippen LogP contribution in [0.5, 0.6) is 0 Å². The minimum atomic E-state index is 0.886. The molecule has 0 heterocycles. The molecule has 0 aromatic heterocycles. The van der Waals surface area contributed by atoms with E-state index >= 15 is 0 Å². The average molecular weight is 553 g/mol. The summed E-state index contributed by atoms with van der Waals surface area (Å²) in [6, 6.07) is 0. The summed E-state index contributed by atoms with van der Waals surface area (Å²) in [5.41, 5.74) is 0. The normalized spacial score (nSPS) is 11.9. The second-order valence-corrected chi connectivity index (χ2v) is 14.1. The molecule has 0 fully saturated rings. The lowest BCUT2D eigenvalue weighted by molar-refractivity contribution is 0.366. The second-order valence-electron chi connectivity index (χ2n) is 14.1. The van der Waals surface area contributed by atoms with Crippen molar-refractivity contribution in [2.45, 2.75) is 230 Å². The molecule has 0 amide bonds. The molecule has 0 bridgehead atoms. The molecule has 0 aromatic rings. The van der Waals surface area contributed by atoms with Gasteiger partial charge in [-0.2, -0.15) is 0 Å². The van der Waals surface area contributed by atoms with Gasteiger partial charge in [-0.15, -0.1) is 0 Å². The van der Waals surface area contributed by atoms with Crippen LogP contribution in [0.3, 0.4) is 0 Å². The van der Waals surface area contributed by atoms with Crippen LogP contribution in [0.4, 0.5) is 0 Å². The first-order valence-electron chi connectivity index (χ1n) is 18.7. The highest BCUT2D eigenvalue weighted by Crippen LogP contribution is 2.20. The first kappa shape index (κ1) is 43.5. The maximum Gasteiger partial charge on any atom is -0.0414 e. The summed E-state index contributed by atoms with van der Waals surface area (Å²) in [5.74, 6) is 3.69. The smallest absolute Gasteiger partial charge is 0.0414 e. The van der Waals surface area contributed by atoms with E-state index in [1.54, 1.807) is 0 Å².